The molecule has 0 fully saturated rings. The second kappa shape index (κ2) is 9.82. The molecule has 176 valence electrons. The predicted molar refractivity (Wildman–Crippen MR) is 140 cm³/mol. The number of pyridine rings is 2. The Morgan fingerprint density at radius 3 is 2.71 bits per heavy atom. The molecule has 3 aromatic heterocycles. The molecule has 0 spiro atoms. The molecular weight excluding hydrogens is 460 g/mol. The van der Waals surface area contributed by atoms with Crippen molar-refractivity contribution in [3.05, 3.63) is 89.3 Å². The Morgan fingerprint density at radius 1 is 1.03 bits per heavy atom. The zero-order valence-electron chi connectivity index (χ0n) is 19.6. The lowest BCUT2D eigenvalue weighted by Crippen LogP contribution is -2.31. The minimum absolute atomic E-state index is 0.185. The molecule has 5 rings (SSSR count). The summed E-state index contributed by atoms with van der Waals surface area (Å²) in [5, 5.41) is 4.39. The maximum atomic E-state index is 12.5. The number of carbonyl (C=O) groups excluding carboxylic acids is 1. The van der Waals surface area contributed by atoms with E-state index in [0.29, 0.717) is 23.7 Å². The number of likely N-dealkylation sites (N-methyl/N-ethyl adjacent to an activating group) is 1. The van der Waals surface area contributed by atoms with Crippen molar-refractivity contribution in [2.75, 3.05) is 27.2 Å². The summed E-state index contributed by atoms with van der Waals surface area (Å²) in [5.41, 5.74) is 5.78. The Morgan fingerprint density at radius 2 is 1.89 bits per heavy atom. The summed E-state index contributed by atoms with van der Waals surface area (Å²) in [4.78, 5) is 28.3. The summed E-state index contributed by atoms with van der Waals surface area (Å²) in [6.45, 7) is 1.96. The van der Waals surface area contributed by atoms with Crippen LogP contribution in [-0.4, -0.2) is 57.5 Å². The van der Waals surface area contributed by atoms with Gasteiger partial charge in [-0.25, -0.2) is 9.97 Å². The molecule has 0 unspecified atom stereocenters. The van der Waals surface area contributed by atoms with E-state index in [1.807, 2.05) is 60.2 Å². The van der Waals surface area contributed by atoms with Crippen LogP contribution in [0.25, 0.3) is 33.3 Å². The van der Waals surface area contributed by atoms with Gasteiger partial charge < -0.3 is 14.8 Å². The standard InChI is InChI=1S/C27H25ClN6O/c1-33(2)13-12-30-27(35)21-7-6-20(15-22(21)28)24-9-10-25-26(32-24)34(17-31-25)16-18-5-8-23-19(14-18)4-3-11-29-23/h3-11,14-15,17H,12-13,16H2,1-2H3,(H,30,35). The molecule has 35 heavy (non-hydrogen) atoms. The lowest BCUT2D eigenvalue weighted by Gasteiger charge is -2.12. The summed E-state index contributed by atoms with van der Waals surface area (Å²) in [5.74, 6) is -0.185. The van der Waals surface area contributed by atoms with Gasteiger partial charge in [0, 0.05) is 30.2 Å². The predicted octanol–water partition coefficient (Wildman–Crippen LogP) is 4.64. The van der Waals surface area contributed by atoms with Crippen molar-refractivity contribution in [2.45, 2.75) is 6.54 Å². The molecule has 0 saturated carbocycles. The van der Waals surface area contributed by atoms with Gasteiger partial charge in [0.2, 0.25) is 0 Å². The zero-order chi connectivity index (χ0) is 24.4. The number of hydrogen-bond acceptors (Lipinski definition) is 5. The quantitative estimate of drug-likeness (QED) is 0.364. The van der Waals surface area contributed by atoms with Gasteiger partial charge in [-0.2, -0.15) is 0 Å². The molecule has 1 N–H and O–H groups in total. The first kappa shape index (κ1) is 23.0. The van der Waals surface area contributed by atoms with Gasteiger partial charge in [-0.1, -0.05) is 29.8 Å². The fourth-order valence-corrected chi connectivity index (χ4v) is 4.25. The van der Waals surface area contributed by atoms with Gasteiger partial charge in [0.05, 0.1) is 34.7 Å². The van der Waals surface area contributed by atoms with Gasteiger partial charge in [-0.3, -0.25) is 9.78 Å². The van der Waals surface area contributed by atoms with Gasteiger partial charge in [-0.05, 0) is 62.1 Å². The third kappa shape index (κ3) is 5.01. The van der Waals surface area contributed by atoms with Gasteiger partial charge >= 0.3 is 0 Å². The Bertz CT molecular complexity index is 1530. The number of fused-ring (bicyclic) bond motifs is 2. The van der Waals surface area contributed by atoms with Crippen LogP contribution < -0.4 is 5.32 Å². The number of aromatic nitrogens is 4. The summed E-state index contributed by atoms with van der Waals surface area (Å²) < 4.78 is 2.03. The van der Waals surface area contributed by atoms with Crippen molar-refractivity contribution < 1.29 is 4.79 Å². The largest absolute Gasteiger partial charge is 0.351 e. The van der Waals surface area contributed by atoms with Crippen LogP contribution in [0.15, 0.2) is 73.2 Å². The topological polar surface area (TPSA) is 75.9 Å². The molecule has 2 aromatic carbocycles. The van der Waals surface area contributed by atoms with Crippen LogP contribution in [0.3, 0.4) is 0 Å². The maximum absolute atomic E-state index is 12.5. The number of nitrogens with one attached hydrogen (secondary N) is 1. The number of rotatable bonds is 7. The molecule has 8 heteroatoms. The normalized spacial score (nSPS) is 11.4. The first-order valence-corrected chi connectivity index (χ1v) is 11.7. The van der Waals surface area contributed by atoms with Crippen molar-refractivity contribution in [3.8, 4) is 11.3 Å². The second-order valence-electron chi connectivity index (χ2n) is 8.70. The molecular formula is C27H25ClN6O. The highest BCUT2D eigenvalue weighted by atomic mass is 35.5. The van der Waals surface area contributed by atoms with Crippen molar-refractivity contribution in [1.82, 2.24) is 29.7 Å². The Kier molecular flexibility index (Phi) is 6.44. The zero-order valence-corrected chi connectivity index (χ0v) is 20.3. The second-order valence-corrected chi connectivity index (χ2v) is 9.10. The average Bonchev–Trinajstić information content (AvgIpc) is 3.25. The summed E-state index contributed by atoms with van der Waals surface area (Å²) in [6.07, 6.45) is 3.61. The number of benzene rings is 2. The van der Waals surface area contributed by atoms with E-state index in [-0.39, 0.29) is 5.91 Å². The Labute approximate surface area is 208 Å². The molecule has 0 aliphatic carbocycles. The smallest absolute Gasteiger partial charge is 0.252 e. The molecule has 0 aliphatic heterocycles. The maximum Gasteiger partial charge on any atom is 0.252 e. The lowest BCUT2D eigenvalue weighted by molar-refractivity contribution is 0.0951. The van der Waals surface area contributed by atoms with Crippen LogP contribution in [0.5, 0.6) is 0 Å². The molecule has 3 heterocycles. The highest BCUT2D eigenvalue weighted by molar-refractivity contribution is 6.34. The lowest BCUT2D eigenvalue weighted by atomic mass is 10.1. The SMILES string of the molecule is CN(C)CCNC(=O)c1ccc(-c2ccc3ncn(Cc4ccc5ncccc5c4)c3n2)cc1Cl. The van der Waals surface area contributed by atoms with Crippen molar-refractivity contribution in [1.29, 1.82) is 0 Å². The highest BCUT2D eigenvalue weighted by Gasteiger charge is 2.13. The van der Waals surface area contributed by atoms with E-state index in [4.69, 9.17) is 16.6 Å². The van der Waals surface area contributed by atoms with Crippen LogP contribution >= 0.6 is 11.6 Å². The van der Waals surface area contributed by atoms with Crippen molar-refractivity contribution in [2.24, 2.45) is 0 Å². The van der Waals surface area contributed by atoms with E-state index in [1.54, 1.807) is 18.3 Å². The number of hydrogen-bond donors (Lipinski definition) is 1. The first-order chi connectivity index (χ1) is 17.0. The first-order valence-electron chi connectivity index (χ1n) is 11.4. The molecule has 0 aliphatic rings. The monoisotopic (exact) mass is 484 g/mol. The number of nitrogens with zero attached hydrogens (tertiary/aromatic N) is 5. The van der Waals surface area contributed by atoms with Gasteiger partial charge in [0.15, 0.2) is 5.65 Å². The van der Waals surface area contributed by atoms with Crippen molar-refractivity contribution >= 4 is 39.6 Å². The number of imidazole rings is 1. The third-order valence-electron chi connectivity index (χ3n) is 5.84. The van der Waals surface area contributed by atoms with E-state index in [2.05, 4.69) is 33.5 Å². The van der Waals surface area contributed by atoms with E-state index in [1.165, 1.54) is 0 Å². The fraction of sp³-hybridized carbons (Fsp3) is 0.185. The molecule has 1 amide bonds. The molecule has 5 aromatic rings. The fourth-order valence-electron chi connectivity index (χ4n) is 3.98. The summed E-state index contributed by atoms with van der Waals surface area (Å²) in [6, 6.07) is 19.5. The van der Waals surface area contributed by atoms with Gasteiger partial charge in [0.1, 0.15) is 5.52 Å². The molecule has 0 bridgehead atoms. The van der Waals surface area contributed by atoms with Crippen LogP contribution in [0, 0.1) is 0 Å². The summed E-state index contributed by atoms with van der Waals surface area (Å²) in [7, 11) is 3.92. The summed E-state index contributed by atoms with van der Waals surface area (Å²) >= 11 is 6.48. The Balaban J connectivity index is 1.40. The third-order valence-corrected chi connectivity index (χ3v) is 6.15. The van der Waals surface area contributed by atoms with Crippen LogP contribution in [-0.2, 0) is 6.54 Å². The van der Waals surface area contributed by atoms with Crippen LogP contribution in [0.4, 0.5) is 0 Å². The van der Waals surface area contributed by atoms with E-state index in [0.717, 1.165) is 45.4 Å². The van der Waals surface area contributed by atoms with Gasteiger partial charge in [-0.15, -0.1) is 0 Å². The van der Waals surface area contributed by atoms with Crippen molar-refractivity contribution in [3.63, 3.8) is 0 Å². The molecule has 0 atom stereocenters. The Hall–Kier alpha value is -3.81. The minimum Gasteiger partial charge on any atom is -0.351 e. The van der Waals surface area contributed by atoms with E-state index >= 15 is 0 Å². The van der Waals surface area contributed by atoms with Gasteiger partial charge in [0.25, 0.3) is 5.91 Å². The van der Waals surface area contributed by atoms with E-state index in [9.17, 15) is 4.79 Å². The minimum atomic E-state index is -0.185. The number of amides is 1. The molecule has 0 saturated heterocycles. The van der Waals surface area contributed by atoms with E-state index < -0.39 is 0 Å². The van der Waals surface area contributed by atoms with Crippen LogP contribution in [0.1, 0.15) is 15.9 Å². The van der Waals surface area contributed by atoms with Crippen LogP contribution in [0.2, 0.25) is 5.02 Å². The highest BCUT2D eigenvalue weighted by Crippen LogP contribution is 2.26. The average molecular weight is 485 g/mol. The molecule has 0 radical (unpaired) electrons. The number of carbonyl (C=O) groups is 1. The molecule has 7 nitrogen and oxygen atoms in total. The number of halogens is 1.